The van der Waals surface area contributed by atoms with E-state index >= 15 is 0 Å². The molecule has 0 spiro atoms. The molecule has 0 aromatic heterocycles. The summed E-state index contributed by atoms with van der Waals surface area (Å²) in [5.74, 6) is -0.0399. The summed E-state index contributed by atoms with van der Waals surface area (Å²) >= 11 is 5.98. The third kappa shape index (κ3) is 3.38. The summed E-state index contributed by atoms with van der Waals surface area (Å²) in [6, 6.07) is 6.03. The number of hydrogen-bond donors (Lipinski definition) is 1. The number of rotatable bonds is 4. The first-order valence-corrected chi connectivity index (χ1v) is 8.52. The molecule has 2 atom stereocenters. The van der Waals surface area contributed by atoms with Crippen LogP contribution >= 0.6 is 11.6 Å². The van der Waals surface area contributed by atoms with Crippen molar-refractivity contribution in [1.29, 1.82) is 5.26 Å². The largest absolute Gasteiger partial charge is 0.393 e. The van der Waals surface area contributed by atoms with Gasteiger partial charge < -0.3 is 5.11 Å². The molecule has 2 unspecified atom stereocenters. The van der Waals surface area contributed by atoms with Crippen LogP contribution in [0.2, 0.25) is 5.02 Å². The molecule has 1 saturated carbocycles. The van der Waals surface area contributed by atoms with Crippen LogP contribution in [0.4, 0.5) is 0 Å². The second kappa shape index (κ2) is 6.32. The lowest BCUT2D eigenvalue weighted by molar-refractivity contribution is 0.123. The zero-order valence-corrected chi connectivity index (χ0v) is 13.2. The number of aliphatic hydroxyl groups is 1. The molecule has 0 bridgehead atoms. The van der Waals surface area contributed by atoms with Crippen molar-refractivity contribution in [1.82, 2.24) is 4.31 Å². The van der Waals surface area contributed by atoms with Gasteiger partial charge in [0.15, 0.2) is 0 Å². The van der Waals surface area contributed by atoms with E-state index in [1.807, 2.05) is 6.07 Å². The Morgan fingerprint density at radius 3 is 2.71 bits per heavy atom. The molecule has 114 valence electrons. The first kappa shape index (κ1) is 16.2. The summed E-state index contributed by atoms with van der Waals surface area (Å²) in [6.07, 6.45) is 2.01. The summed E-state index contributed by atoms with van der Waals surface area (Å²) in [5, 5.41) is 18.6. The van der Waals surface area contributed by atoms with E-state index in [4.69, 9.17) is 16.9 Å². The summed E-state index contributed by atoms with van der Waals surface area (Å²) < 4.78 is 26.3. The lowest BCUT2D eigenvalue weighted by atomic mass is 10.1. The number of halogens is 1. The Bertz CT molecular complexity index is 669. The average molecular weight is 329 g/mol. The lowest BCUT2D eigenvalue weighted by Gasteiger charge is -2.23. The van der Waals surface area contributed by atoms with E-state index in [1.165, 1.54) is 29.6 Å². The van der Waals surface area contributed by atoms with Crippen molar-refractivity contribution in [2.75, 3.05) is 13.6 Å². The average Bonchev–Trinajstić information content (AvgIpc) is 2.83. The molecule has 7 heteroatoms. The fourth-order valence-corrected chi connectivity index (χ4v) is 4.35. The van der Waals surface area contributed by atoms with Crippen molar-refractivity contribution in [3.8, 4) is 6.07 Å². The third-order valence-electron chi connectivity index (χ3n) is 3.86. The van der Waals surface area contributed by atoms with Crippen LogP contribution in [0, 0.1) is 17.2 Å². The fourth-order valence-electron chi connectivity index (χ4n) is 2.61. The SMILES string of the molecule is CN(CC1CCCC1O)S(=O)(=O)c1ccc(C#N)cc1Cl. The van der Waals surface area contributed by atoms with E-state index < -0.39 is 16.1 Å². The van der Waals surface area contributed by atoms with Crippen LogP contribution in [0.1, 0.15) is 24.8 Å². The van der Waals surface area contributed by atoms with Gasteiger partial charge in [-0.15, -0.1) is 0 Å². The summed E-state index contributed by atoms with van der Waals surface area (Å²) in [4.78, 5) is -0.0156. The van der Waals surface area contributed by atoms with E-state index in [0.717, 1.165) is 19.3 Å². The van der Waals surface area contributed by atoms with E-state index in [-0.39, 0.29) is 22.4 Å². The smallest absolute Gasteiger partial charge is 0.244 e. The maximum absolute atomic E-state index is 12.5. The van der Waals surface area contributed by atoms with Crippen LogP contribution in [0.3, 0.4) is 0 Å². The Balaban J connectivity index is 2.23. The molecule has 1 aliphatic carbocycles. The van der Waals surface area contributed by atoms with E-state index in [2.05, 4.69) is 0 Å². The molecule has 21 heavy (non-hydrogen) atoms. The Morgan fingerprint density at radius 1 is 1.48 bits per heavy atom. The van der Waals surface area contributed by atoms with Crippen LogP contribution in [0.15, 0.2) is 23.1 Å². The Labute approximate surface area is 129 Å². The van der Waals surface area contributed by atoms with Crippen molar-refractivity contribution in [3.63, 3.8) is 0 Å². The fraction of sp³-hybridized carbons (Fsp3) is 0.500. The number of hydrogen-bond acceptors (Lipinski definition) is 4. The summed E-state index contributed by atoms with van der Waals surface area (Å²) in [6.45, 7) is 0.264. The molecular formula is C14H17ClN2O3S. The molecule has 1 aromatic carbocycles. The predicted octanol–water partition coefficient (Wildman–Crippen LogP) is 1.99. The molecule has 0 aliphatic heterocycles. The van der Waals surface area contributed by atoms with Crippen molar-refractivity contribution < 1.29 is 13.5 Å². The number of sulfonamides is 1. The van der Waals surface area contributed by atoms with Crippen molar-refractivity contribution in [3.05, 3.63) is 28.8 Å². The molecule has 1 aromatic rings. The van der Waals surface area contributed by atoms with Gasteiger partial charge in [0.1, 0.15) is 4.90 Å². The molecule has 1 aliphatic rings. The highest BCUT2D eigenvalue weighted by atomic mass is 35.5. The van der Waals surface area contributed by atoms with Crippen LogP contribution in [0.5, 0.6) is 0 Å². The van der Waals surface area contributed by atoms with E-state index in [0.29, 0.717) is 5.56 Å². The monoisotopic (exact) mass is 328 g/mol. The number of aliphatic hydroxyl groups excluding tert-OH is 1. The van der Waals surface area contributed by atoms with Gasteiger partial charge in [-0.2, -0.15) is 5.26 Å². The minimum Gasteiger partial charge on any atom is -0.393 e. The highest BCUT2D eigenvalue weighted by Crippen LogP contribution is 2.29. The maximum atomic E-state index is 12.5. The van der Waals surface area contributed by atoms with E-state index in [1.54, 1.807) is 0 Å². The lowest BCUT2D eigenvalue weighted by Crippen LogP contribution is -2.34. The number of nitrogens with zero attached hydrogens (tertiary/aromatic N) is 2. The minimum atomic E-state index is -3.72. The first-order valence-electron chi connectivity index (χ1n) is 6.70. The highest BCUT2D eigenvalue weighted by molar-refractivity contribution is 7.89. The maximum Gasteiger partial charge on any atom is 0.244 e. The molecule has 2 rings (SSSR count). The van der Waals surface area contributed by atoms with Crippen molar-refractivity contribution in [2.24, 2.45) is 5.92 Å². The molecule has 0 amide bonds. The molecule has 0 saturated heterocycles. The minimum absolute atomic E-state index is 0.0156. The van der Waals surface area contributed by atoms with Crippen LogP contribution in [-0.4, -0.2) is 37.5 Å². The Hall–Kier alpha value is -1.13. The first-order chi connectivity index (χ1) is 9.86. The summed E-state index contributed by atoms with van der Waals surface area (Å²) in [7, 11) is -2.24. The van der Waals surface area contributed by atoms with Gasteiger partial charge in [0.2, 0.25) is 10.0 Å². The molecule has 5 nitrogen and oxygen atoms in total. The molecular weight excluding hydrogens is 312 g/mol. The van der Waals surface area contributed by atoms with Gasteiger partial charge in [-0.05, 0) is 37.0 Å². The van der Waals surface area contributed by atoms with Crippen LogP contribution in [0.25, 0.3) is 0 Å². The normalized spacial score (nSPS) is 22.4. The molecule has 0 radical (unpaired) electrons. The number of nitriles is 1. The zero-order valence-electron chi connectivity index (χ0n) is 11.7. The second-order valence-corrected chi connectivity index (χ2v) is 7.72. The van der Waals surface area contributed by atoms with Gasteiger partial charge >= 0.3 is 0 Å². The van der Waals surface area contributed by atoms with Gasteiger partial charge in [-0.25, -0.2) is 12.7 Å². The van der Waals surface area contributed by atoms with Gasteiger partial charge in [0.05, 0.1) is 22.8 Å². The van der Waals surface area contributed by atoms with Crippen LogP contribution in [-0.2, 0) is 10.0 Å². The number of benzene rings is 1. The quantitative estimate of drug-likeness (QED) is 0.916. The van der Waals surface area contributed by atoms with Gasteiger partial charge in [0, 0.05) is 13.6 Å². The third-order valence-corrected chi connectivity index (χ3v) is 6.17. The molecule has 1 fully saturated rings. The highest BCUT2D eigenvalue weighted by Gasteiger charge is 2.31. The standard InChI is InChI=1S/C14H17ClN2O3S/c1-17(9-11-3-2-4-13(11)18)21(19,20)14-6-5-10(8-16)7-12(14)15/h5-7,11,13,18H,2-4,9H2,1H3. The van der Waals surface area contributed by atoms with Crippen LogP contribution < -0.4 is 0 Å². The topological polar surface area (TPSA) is 81.4 Å². The predicted molar refractivity (Wildman–Crippen MR) is 79.3 cm³/mol. The Morgan fingerprint density at radius 2 is 2.19 bits per heavy atom. The zero-order chi connectivity index (χ0) is 15.6. The van der Waals surface area contributed by atoms with Crippen molar-refractivity contribution >= 4 is 21.6 Å². The van der Waals surface area contributed by atoms with Crippen molar-refractivity contribution in [2.45, 2.75) is 30.3 Å². The van der Waals surface area contributed by atoms with Gasteiger partial charge in [-0.3, -0.25) is 0 Å². The Kier molecular flexibility index (Phi) is 4.89. The summed E-state index contributed by atoms with van der Waals surface area (Å²) in [5.41, 5.74) is 0.313. The van der Waals surface area contributed by atoms with E-state index in [9.17, 15) is 13.5 Å². The molecule has 1 N–H and O–H groups in total. The second-order valence-electron chi connectivity index (χ2n) is 5.30. The van der Waals surface area contributed by atoms with Gasteiger partial charge in [-0.1, -0.05) is 18.0 Å². The van der Waals surface area contributed by atoms with Gasteiger partial charge in [0.25, 0.3) is 0 Å². The molecule has 0 heterocycles.